The Labute approximate surface area is 132 Å². The van der Waals surface area contributed by atoms with Gasteiger partial charge in [0.1, 0.15) is 5.60 Å². The molecule has 2 unspecified atom stereocenters. The first-order chi connectivity index (χ1) is 10.1. The molecule has 0 saturated carbocycles. The molecule has 3 nitrogen and oxygen atoms in total. The van der Waals surface area contributed by atoms with E-state index in [2.05, 4.69) is 28.7 Å². The Kier molecular flexibility index (Phi) is 4.08. The summed E-state index contributed by atoms with van der Waals surface area (Å²) in [6, 6.07) is 8.28. The first-order valence-electron chi connectivity index (χ1n) is 6.89. The Bertz CT molecular complexity index is 719. The molecule has 3 rings (SSSR count). The summed E-state index contributed by atoms with van der Waals surface area (Å²) in [6.45, 7) is 4.46. The van der Waals surface area contributed by atoms with E-state index in [1.54, 1.807) is 22.7 Å². The van der Waals surface area contributed by atoms with Crippen molar-refractivity contribution in [1.82, 2.24) is 10.3 Å². The number of hydrogen-bond donors (Lipinski definition) is 2. The Morgan fingerprint density at radius 2 is 2.19 bits per heavy atom. The fourth-order valence-electron chi connectivity index (χ4n) is 2.24. The summed E-state index contributed by atoms with van der Waals surface area (Å²) >= 11 is 3.28. The highest BCUT2D eigenvalue weighted by molar-refractivity contribution is 7.17. The van der Waals surface area contributed by atoms with Crippen molar-refractivity contribution in [3.8, 4) is 0 Å². The predicted octanol–water partition coefficient (Wildman–Crippen LogP) is 3.92. The van der Waals surface area contributed by atoms with Gasteiger partial charge in [0, 0.05) is 23.7 Å². The molecular formula is C16H18N2OS2. The minimum absolute atomic E-state index is 0.149. The molecule has 3 aromatic rings. The minimum Gasteiger partial charge on any atom is -0.383 e. The summed E-state index contributed by atoms with van der Waals surface area (Å²) in [5.74, 6) is 0. The molecular weight excluding hydrogens is 300 g/mol. The average Bonchev–Trinajstić information content (AvgIpc) is 3.14. The quantitative estimate of drug-likeness (QED) is 0.749. The van der Waals surface area contributed by atoms with Crippen LogP contribution in [-0.2, 0) is 5.60 Å². The van der Waals surface area contributed by atoms with Crippen LogP contribution in [0.1, 0.15) is 30.3 Å². The van der Waals surface area contributed by atoms with E-state index in [-0.39, 0.29) is 6.04 Å². The molecule has 0 radical (unpaired) electrons. The van der Waals surface area contributed by atoms with E-state index in [0.717, 1.165) is 16.0 Å². The fraction of sp³-hybridized carbons (Fsp3) is 0.312. The van der Waals surface area contributed by atoms with Crippen LogP contribution in [0, 0.1) is 0 Å². The first-order valence-corrected chi connectivity index (χ1v) is 8.65. The van der Waals surface area contributed by atoms with Gasteiger partial charge < -0.3 is 10.4 Å². The van der Waals surface area contributed by atoms with Gasteiger partial charge in [0.2, 0.25) is 0 Å². The summed E-state index contributed by atoms with van der Waals surface area (Å²) in [7, 11) is 0. The molecule has 0 saturated heterocycles. The molecule has 3 aromatic heterocycles. The number of nitrogens with zero attached hydrogens (tertiary/aromatic N) is 1. The number of hydrogen-bond acceptors (Lipinski definition) is 5. The lowest BCUT2D eigenvalue weighted by atomic mass is 10.0. The van der Waals surface area contributed by atoms with Gasteiger partial charge in [-0.3, -0.25) is 4.98 Å². The third-order valence-electron chi connectivity index (χ3n) is 3.63. The third kappa shape index (κ3) is 3.16. The van der Waals surface area contributed by atoms with Gasteiger partial charge in [0.25, 0.3) is 0 Å². The smallest absolute Gasteiger partial charge is 0.108 e. The lowest BCUT2D eigenvalue weighted by Crippen LogP contribution is -2.36. The zero-order chi connectivity index (χ0) is 14.9. The molecule has 0 aliphatic rings. The maximum Gasteiger partial charge on any atom is 0.108 e. The molecule has 2 atom stereocenters. The second kappa shape index (κ2) is 5.85. The summed E-state index contributed by atoms with van der Waals surface area (Å²) in [5.41, 5.74) is 1.34. The number of thiophene rings is 2. The van der Waals surface area contributed by atoms with Crippen LogP contribution in [-0.4, -0.2) is 16.6 Å². The zero-order valence-electron chi connectivity index (χ0n) is 12.0. The van der Waals surface area contributed by atoms with Crippen LogP contribution in [0.25, 0.3) is 10.2 Å². The minimum atomic E-state index is -0.844. The summed E-state index contributed by atoms with van der Waals surface area (Å²) < 4.78 is 1.20. The van der Waals surface area contributed by atoms with Crippen LogP contribution in [0.5, 0.6) is 0 Å². The third-order valence-corrected chi connectivity index (χ3v) is 5.60. The maximum atomic E-state index is 10.5. The Balaban J connectivity index is 1.69. The van der Waals surface area contributed by atoms with Crippen LogP contribution >= 0.6 is 22.7 Å². The van der Waals surface area contributed by atoms with Crippen molar-refractivity contribution >= 4 is 32.9 Å². The van der Waals surface area contributed by atoms with Gasteiger partial charge >= 0.3 is 0 Å². The molecule has 0 amide bonds. The molecule has 0 bridgehead atoms. The number of rotatable bonds is 5. The molecule has 2 N–H and O–H groups in total. The molecule has 5 heteroatoms. The number of aliphatic hydroxyl groups is 1. The van der Waals surface area contributed by atoms with Crippen LogP contribution in [0.2, 0.25) is 0 Å². The van der Waals surface area contributed by atoms with E-state index in [0.29, 0.717) is 6.54 Å². The van der Waals surface area contributed by atoms with Crippen molar-refractivity contribution in [2.45, 2.75) is 25.5 Å². The average molecular weight is 318 g/mol. The Morgan fingerprint density at radius 1 is 1.33 bits per heavy atom. The standard InChI is InChI=1S/C16H18N2OS2/c1-11(12-8-14-13(17-9-12)5-7-20-14)18-10-16(2,19)15-4-3-6-21-15/h3-9,11,18-19H,10H2,1-2H3. The highest BCUT2D eigenvalue weighted by Crippen LogP contribution is 2.26. The molecule has 3 heterocycles. The van der Waals surface area contributed by atoms with Crippen LogP contribution < -0.4 is 5.32 Å². The van der Waals surface area contributed by atoms with Crippen molar-refractivity contribution in [2.75, 3.05) is 6.54 Å². The van der Waals surface area contributed by atoms with E-state index >= 15 is 0 Å². The van der Waals surface area contributed by atoms with Crippen LogP contribution in [0.3, 0.4) is 0 Å². The second-order valence-corrected chi connectivity index (χ2v) is 7.32. The van der Waals surface area contributed by atoms with Gasteiger partial charge in [-0.15, -0.1) is 22.7 Å². The van der Waals surface area contributed by atoms with E-state index in [1.807, 2.05) is 36.7 Å². The number of fused-ring (bicyclic) bond motifs is 1. The molecule has 0 aliphatic heterocycles. The molecule has 110 valence electrons. The van der Waals surface area contributed by atoms with Gasteiger partial charge in [0.15, 0.2) is 0 Å². The van der Waals surface area contributed by atoms with Gasteiger partial charge in [0.05, 0.1) is 10.2 Å². The number of aromatic nitrogens is 1. The van der Waals surface area contributed by atoms with Crippen molar-refractivity contribution < 1.29 is 5.11 Å². The molecule has 21 heavy (non-hydrogen) atoms. The number of pyridine rings is 1. The fourth-order valence-corrected chi connectivity index (χ4v) is 3.82. The molecule has 0 fully saturated rings. The zero-order valence-corrected chi connectivity index (χ0v) is 13.7. The van der Waals surface area contributed by atoms with Gasteiger partial charge in [-0.1, -0.05) is 6.07 Å². The van der Waals surface area contributed by atoms with E-state index in [4.69, 9.17) is 0 Å². The monoisotopic (exact) mass is 318 g/mol. The largest absolute Gasteiger partial charge is 0.383 e. The topological polar surface area (TPSA) is 45.1 Å². The highest BCUT2D eigenvalue weighted by atomic mass is 32.1. The van der Waals surface area contributed by atoms with E-state index in [9.17, 15) is 5.11 Å². The van der Waals surface area contributed by atoms with Crippen LogP contribution in [0.15, 0.2) is 41.2 Å². The van der Waals surface area contributed by atoms with Crippen molar-refractivity contribution in [1.29, 1.82) is 0 Å². The van der Waals surface area contributed by atoms with Crippen molar-refractivity contribution in [2.24, 2.45) is 0 Å². The maximum absolute atomic E-state index is 10.5. The van der Waals surface area contributed by atoms with Crippen LogP contribution in [0.4, 0.5) is 0 Å². The Hall–Kier alpha value is -1.27. The van der Waals surface area contributed by atoms with Gasteiger partial charge in [-0.05, 0) is 48.4 Å². The first kappa shape index (κ1) is 14.7. The normalized spacial score (nSPS) is 16.0. The Morgan fingerprint density at radius 3 is 2.95 bits per heavy atom. The molecule has 0 aromatic carbocycles. The van der Waals surface area contributed by atoms with Gasteiger partial charge in [-0.25, -0.2) is 0 Å². The van der Waals surface area contributed by atoms with Crippen molar-refractivity contribution in [3.05, 3.63) is 51.7 Å². The lowest BCUT2D eigenvalue weighted by Gasteiger charge is -2.25. The summed E-state index contributed by atoms with van der Waals surface area (Å²) in [5, 5.41) is 18.0. The molecule has 0 spiro atoms. The van der Waals surface area contributed by atoms with Crippen molar-refractivity contribution in [3.63, 3.8) is 0 Å². The second-order valence-electron chi connectivity index (χ2n) is 5.43. The summed E-state index contributed by atoms with van der Waals surface area (Å²) in [6.07, 6.45) is 1.91. The van der Waals surface area contributed by atoms with E-state index < -0.39 is 5.60 Å². The SMILES string of the molecule is CC(NCC(C)(O)c1cccs1)c1cnc2ccsc2c1. The lowest BCUT2D eigenvalue weighted by molar-refractivity contribution is 0.0581. The predicted molar refractivity (Wildman–Crippen MR) is 89.9 cm³/mol. The number of nitrogens with one attached hydrogen (secondary N) is 1. The van der Waals surface area contributed by atoms with E-state index in [1.165, 1.54) is 4.70 Å². The van der Waals surface area contributed by atoms with Gasteiger partial charge in [-0.2, -0.15) is 0 Å². The summed E-state index contributed by atoms with van der Waals surface area (Å²) in [4.78, 5) is 5.45. The highest BCUT2D eigenvalue weighted by Gasteiger charge is 2.24. The molecule has 0 aliphatic carbocycles.